The van der Waals surface area contributed by atoms with Crippen molar-refractivity contribution in [2.24, 2.45) is 5.73 Å². The number of aromatic nitrogens is 4. The Morgan fingerprint density at radius 3 is 3.11 bits per heavy atom. The summed E-state index contributed by atoms with van der Waals surface area (Å²) in [6, 6.07) is 0. The first-order valence-corrected chi connectivity index (χ1v) is 6.23. The van der Waals surface area contributed by atoms with E-state index in [1.165, 1.54) is 4.68 Å². The van der Waals surface area contributed by atoms with Crippen molar-refractivity contribution in [3.8, 4) is 0 Å². The van der Waals surface area contributed by atoms with Crippen LogP contribution in [0.3, 0.4) is 0 Å². The molecule has 0 fully saturated rings. The zero-order chi connectivity index (χ0) is 13.7. The van der Waals surface area contributed by atoms with Gasteiger partial charge in [0.15, 0.2) is 0 Å². The molecule has 0 saturated heterocycles. The van der Waals surface area contributed by atoms with Crippen LogP contribution in [-0.2, 0) is 24.4 Å². The van der Waals surface area contributed by atoms with Gasteiger partial charge < -0.3 is 15.6 Å². The van der Waals surface area contributed by atoms with Gasteiger partial charge in [-0.2, -0.15) is 5.10 Å². The number of nitrogens with one attached hydrogen (secondary N) is 1. The summed E-state index contributed by atoms with van der Waals surface area (Å²) in [7, 11) is 0. The van der Waals surface area contributed by atoms with Gasteiger partial charge in [-0.3, -0.25) is 9.48 Å². The van der Waals surface area contributed by atoms with Gasteiger partial charge in [-0.05, 0) is 6.42 Å². The van der Waals surface area contributed by atoms with E-state index >= 15 is 0 Å². The Hall–Kier alpha value is -2.31. The molecule has 19 heavy (non-hydrogen) atoms. The van der Waals surface area contributed by atoms with Crippen molar-refractivity contribution in [3.63, 3.8) is 0 Å². The van der Waals surface area contributed by atoms with Gasteiger partial charge in [-0.1, -0.05) is 6.92 Å². The van der Waals surface area contributed by atoms with Crippen LogP contribution in [0.5, 0.6) is 0 Å². The quantitative estimate of drug-likeness (QED) is 0.764. The molecule has 0 unspecified atom stereocenters. The highest BCUT2D eigenvalue weighted by Crippen LogP contribution is 2.07. The lowest BCUT2D eigenvalue weighted by molar-refractivity contribution is -0.118. The number of amides is 1. The Balaban J connectivity index is 1.92. The highest BCUT2D eigenvalue weighted by atomic mass is 16.1. The van der Waals surface area contributed by atoms with Crippen molar-refractivity contribution in [2.45, 2.75) is 33.0 Å². The van der Waals surface area contributed by atoms with Gasteiger partial charge in [0.1, 0.15) is 12.4 Å². The second-order valence-corrected chi connectivity index (χ2v) is 4.28. The average molecular weight is 262 g/mol. The second-order valence-electron chi connectivity index (χ2n) is 4.28. The summed E-state index contributed by atoms with van der Waals surface area (Å²) < 4.78 is 3.62. The summed E-state index contributed by atoms with van der Waals surface area (Å²) in [6.45, 7) is 3.80. The van der Waals surface area contributed by atoms with E-state index in [2.05, 4.69) is 26.9 Å². The first-order chi connectivity index (χ1) is 9.19. The summed E-state index contributed by atoms with van der Waals surface area (Å²) >= 11 is 0. The van der Waals surface area contributed by atoms with Crippen molar-refractivity contribution in [3.05, 3.63) is 30.6 Å². The van der Waals surface area contributed by atoms with Gasteiger partial charge in [0.2, 0.25) is 5.91 Å². The van der Waals surface area contributed by atoms with E-state index in [4.69, 9.17) is 5.73 Å². The van der Waals surface area contributed by atoms with Crippen LogP contribution in [0.4, 0.5) is 5.69 Å². The van der Waals surface area contributed by atoms with E-state index in [0.29, 0.717) is 6.54 Å². The molecule has 102 valence electrons. The minimum absolute atomic E-state index is 0.0894. The number of carbonyl (C=O) groups is 1. The van der Waals surface area contributed by atoms with E-state index in [1.54, 1.807) is 18.6 Å². The van der Waals surface area contributed by atoms with Crippen LogP contribution >= 0.6 is 0 Å². The molecule has 0 aromatic carbocycles. The lowest BCUT2D eigenvalue weighted by atomic mass is 10.4. The monoisotopic (exact) mass is 262 g/mol. The fraction of sp³-hybridized carbons (Fsp3) is 0.417. The summed E-state index contributed by atoms with van der Waals surface area (Å²) in [5.41, 5.74) is 5.94. The van der Waals surface area contributed by atoms with Crippen LogP contribution in [-0.4, -0.2) is 25.2 Å². The number of nitrogens with two attached hydrogens (primary N) is 1. The van der Waals surface area contributed by atoms with Crippen LogP contribution in [0.25, 0.3) is 0 Å². The van der Waals surface area contributed by atoms with Crippen LogP contribution in [0.2, 0.25) is 0 Å². The van der Waals surface area contributed by atoms with Gasteiger partial charge in [0, 0.05) is 25.1 Å². The number of hydrogen-bond donors (Lipinski definition) is 2. The largest absolute Gasteiger partial charge is 0.375 e. The van der Waals surface area contributed by atoms with Crippen LogP contribution in [0.15, 0.2) is 24.8 Å². The van der Waals surface area contributed by atoms with Crippen LogP contribution in [0, 0.1) is 0 Å². The Kier molecular flexibility index (Phi) is 4.17. The van der Waals surface area contributed by atoms with Crippen molar-refractivity contribution in [1.82, 2.24) is 19.3 Å². The number of imidazole rings is 1. The van der Waals surface area contributed by atoms with Crippen LogP contribution < -0.4 is 11.1 Å². The standard InChI is InChI=1S/C12H18N6O/c1-2-4-17-5-3-14-12(17)7-15-10-6-16-18(8-10)9-11(13)19/h3,5-6,8,15H,2,4,7,9H2,1H3,(H2,13,19). The molecular formula is C12H18N6O. The summed E-state index contributed by atoms with van der Waals surface area (Å²) in [4.78, 5) is 15.1. The smallest absolute Gasteiger partial charge is 0.239 e. The molecule has 2 rings (SSSR count). The number of hydrogen-bond acceptors (Lipinski definition) is 4. The lowest BCUT2D eigenvalue weighted by Gasteiger charge is -2.07. The maximum absolute atomic E-state index is 10.8. The highest BCUT2D eigenvalue weighted by Gasteiger charge is 2.04. The molecule has 2 aromatic heterocycles. The third kappa shape index (κ3) is 3.57. The Labute approximate surface area is 111 Å². The summed E-state index contributed by atoms with van der Waals surface area (Å²) in [5, 5.41) is 7.26. The maximum atomic E-state index is 10.8. The number of anilines is 1. The van der Waals surface area contributed by atoms with Crippen molar-refractivity contribution >= 4 is 11.6 Å². The topological polar surface area (TPSA) is 90.8 Å². The Morgan fingerprint density at radius 2 is 2.37 bits per heavy atom. The number of carbonyl (C=O) groups excluding carboxylic acids is 1. The average Bonchev–Trinajstić information content (AvgIpc) is 2.96. The van der Waals surface area contributed by atoms with E-state index in [1.807, 2.05) is 6.20 Å². The fourth-order valence-electron chi connectivity index (χ4n) is 1.83. The summed E-state index contributed by atoms with van der Waals surface area (Å²) in [6.07, 6.45) is 8.24. The number of rotatable bonds is 7. The molecule has 2 aromatic rings. The molecule has 0 saturated carbocycles. The molecule has 7 nitrogen and oxygen atoms in total. The van der Waals surface area contributed by atoms with Gasteiger partial charge in [-0.25, -0.2) is 4.98 Å². The predicted octanol–water partition coefficient (Wildman–Crippen LogP) is 0.587. The minimum atomic E-state index is -0.409. The molecule has 1 amide bonds. The SMILES string of the molecule is CCCn1ccnc1CNc1cnn(CC(N)=O)c1. The minimum Gasteiger partial charge on any atom is -0.375 e. The number of aryl methyl sites for hydroxylation is 1. The molecule has 0 spiro atoms. The third-order valence-electron chi connectivity index (χ3n) is 2.67. The van der Waals surface area contributed by atoms with Gasteiger partial charge in [-0.15, -0.1) is 0 Å². The molecular weight excluding hydrogens is 244 g/mol. The predicted molar refractivity (Wildman–Crippen MR) is 71.3 cm³/mol. The normalized spacial score (nSPS) is 10.6. The van der Waals surface area contributed by atoms with Crippen LogP contribution in [0.1, 0.15) is 19.2 Å². The zero-order valence-electron chi connectivity index (χ0n) is 10.9. The van der Waals surface area contributed by atoms with Crippen molar-refractivity contribution in [1.29, 1.82) is 0 Å². The van der Waals surface area contributed by atoms with Crippen molar-refractivity contribution < 1.29 is 4.79 Å². The first-order valence-electron chi connectivity index (χ1n) is 6.23. The van der Waals surface area contributed by atoms with E-state index in [-0.39, 0.29) is 6.54 Å². The molecule has 0 radical (unpaired) electrons. The molecule has 0 bridgehead atoms. The van der Waals surface area contributed by atoms with E-state index in [9.17, 15) is 4.79 Å². The molecule has 7 heteroatoms. The number of nitrogens with zero attached hydrogens (tertiary/aromatic N) is 4. The van der Waals surface area contributed by atoms with E-state index in [0.717, 1.165) is 24.5 Å². The number of primary amides is 1. The van der Waals surface area contributed by atoms with Crippen molar-refractivity contribution in [2.75, 3.05) is 5.32 Å². The Bertz CT molecular complexity index is 544. The molecule has 3 N–H and O–H groups in total. The zero-order valence-corrected chi connectivity index (χ0v) is 10.9. The van der Waals surface area contributed by atoms with Gasteiger partial charge >= 0.3 is 0 Å². The fourth-order valence-corrected chi connectivity index (χ4v) is 1.83. The lowest BCUT2D eigenvalue weighted by Crippen LogP contribution is -2.18. The molecule has 0 atom stereocenters. The van der Waals surface area contributed by atoms with Gasteiger partial charge in [0.05, 0.1) is 18.4 Å². The molecule has 2 heterocycles. The third-order valence-corrected chi connectivity index (χ3v) is 2.67. The second kappa shape index (κ2) is 6.03. The molecule has 0 aliphatic rings. The summed E-state index contributed by atoms with van der Waals surface area (Å²) in [5.74, 6) is 0.567. The first kappa shape index (κ1) is 13.1. The highest BCUT2D eigenvalue weighted by molar-refractivity contribution is 5.73. The maximum Gasteiger partial charge on any atom is 0.239 e. The Morgan fingerprint density at radius 1 is 1.53 bits per heavy atom. The van der Waals surface area contributed by atoms with E-state index < -0.39 is 5.91 Å². The molecule has 0 aliphatic carbocycles. The van der Waals surface area contributed by atoms with Gasteiger partial charge in [0.25, 0.3) is 0 Å². The molecule has 0 aliphatic heterocycles.